The van der Waals surface area contributed by atoms with Crippen LogP contribution in [0.3, 0.4) is 0 Å². The molecule has 0 amide bonds. The molecule has 0 bridgehead atoms. The Bertz CT molecular complexity index is 335. The third-order valence-electron chi connectivity index (χ3n) is 2.79. The van der Waals surface area contributed by atoms with Crippen LogP contribution in [0.2, 0.25) is 0 Å². The first kappa shape index (κ1) is 13.9. The Morgan fingerprint density at radius 3 is 2.65 bits per heavy atom. The molecule has 0 saturated carbocycles. The molecule has 0 aliphatic rings. The molecule has 1 aromatic rings. The summed E-state index contributed by atoms with van der Waals surface area (Å²) in [5, 5.41) is 12.5. The average Bonchev–Trinajstić information content (AvgIpc) is 2.22. The van der Waals surface area contributed by atoms with Crippen LogP contribution in [-0.4, -0.2) is 36.2 Å². The molecular formula is C13H21FN2O. The number of benzene rings is 1. The lowest BCUT2D eigenvalue weighted by Gasteiger charge is -2.20. The smallest absolute Gasteiger partial charge is 0.127 e. The van der Waals surface area contributed by atoms with Crippen molar-refractivity contribution in [3.63, 3.8) is 0 Å². The molecule has 0 aliphatic heterocycles. The third kappa shape index (κ3) is 5.15. The Hall–Kier alpha value is -1.13. The quantitative estimate of drug-likeness (QED) is 0.746. The predicted molar refractivity (Wildman–Crippen MR) is 67.5 cm³/mol. The van der Waals surface area contributed by atoms with Crippen molar-refractivity contribution in [3.05, 3.63) is 29.6 Å². The first-order valence-electron chi connectivity index (χ1n) is 5.88. The van der Waals surface area contributed by atoms with E-state index in [-0.39, 0.29) is 5.75 Å². The second kappa shape index (κ2) is 6.57. The summed E-state index contributed by atoms with van der Waals surface area (Å²) in [4.78, 5) is 2.23. The van der Waals surface area contributed by atoms with E-state index in [1.54, 1.807) is 6.07 Å². The minimum absolute atomic E-state index is 0.0268. The number of hydrogen-bond donors (Lipinski definition) is 2. The molecule has 0 aromatic heterocycles. The van der Waals surface area contributed by atoms with Crippen molar-refractivity contribution >= 4 is 0 Å². The van der Waals surface area contributed by atoms with Crippen molar-refractivity contribution in [2.45, 2.75) is 26.4 Å². The van der Waals surface area contributed by atoms with Crippen molar-refractivity contribution in [1.29, 1.82) is 0 Å². The van der Waals surface area contributed by atoms with Gasteiger partial charge in [-0.3, -0.25) is 0 Å². The van der Waals surface area contributed by atoms with Gasteiger partial charge in [-0.2, -0.15) is 0 Å². The third-order valence-corrected chi connectivity index (χ3v) is 2.79. The summed E-state index contributed by atoms with van der Waals surface area (Å²) in [5.41, 5.74) is 0.759. The first-order valence-corrected chi connectivity index (χ1v) is 5.88. The highest BCUT2D eigenvalue weighted by molar-refractivity contribution is 5.28. The fourth-order valence-corrected chi connectivity index (χ4v) is 1.48. The molecule has 3 nitrogen and oxygen atoms in total. The van der Waals surface area contributed by atoms with E-state index < -0.39 is 5.82 Å². The Morgan fingerprint density at radius 1 is 1.35 bits per heavy atom. The van der Waals surface area contributed by atoms with Gasteiger partial charge in [-0.1, -0.05) is 0 Å². The van der Waals surface area contributed by atoms with Gasteiger partial charge in [0.25, 0.3) is 0 Å². The van der Waals surface area contributed by atoms with E-state index in [1.807, 2.05) is 0 Å². The van der Waals surface area contributed by atoms with Crippen LogP contribution in [-0.2, 0) is 6.54 Å². The van der Waals surface area contributed by atoms with E-state index in [0.29, 0.717) is 12.6 Å². The van der Waals surface area contributed by atoms with Crippen molar-refractivity contribution in [2.24, 2.45) is 0 Å². The first-order chi connectivity index (χ1) is 7.99. The van der Waals surface area contributed by atoms with Crippen LogP contribution < -0.4 is 5.32 Å². The van der Waals surface area contributed by atoms with E-state index in [2.05, 4.69) is 31.1 Å². The molecule has 0 unspecified atom stereocenters. The SMILES string of the molecule is CC(C)N(C)CCNCc1cc(O)cc(F)c1. The molecule has 0 fully saturated rings. The topological polar surface area (TPSA) is 35.5 Å². The van der Waals surface area contributed by atoms with Crippen LogP contribution in [0.4, 0.5) is 4.39 Å². The summed E-state index contributed by atoms with van der Waals surface area (Å²) in [6.07, 6.45) is 0. The number of phenols is 1. The number of nitrogens with one attached hydrogen (secondary N) is 1. The molecule has 4 heteroatoms. The molecule has 0 radical (unpaired) electrons. The zero-order valence-electron chi connectivity index (χ0n) is 10.7. The largest absolute Gasteiger partial charge is 0.508 e. The molecule has 0 heterocycles. The second-order valence-electron chi connectivity index (χ2n) is 4.57. The predicted octanol–water partition coefficient (Wildman–Crippen LogP) is 1.96. The number of hydrogen-bond acceptors (Lipinski definition) is 3. The summed E-state index contributed by atoms with van der Waals surface area (Å²) < 4.78 is 13.0. The maximum atomic E-state index is 13.0. The summed E-state index contributed by atoms with van der Waals surface area (Å²) in [7, 11) is 2.07. The van der Waals surface area contributed by atoms with Gasteiger partial charge in [-0.15, -0.1) is 0 Å². The Labute approximate surface area is 102 Å². The van der Waals surface area contributed by atoms with Crippen LogP contribution in [0, 0.1) is 5.82 Å². The summed E-state index contributed by atoms with van der Waals surface area (Å²) >= 11 is 0. The highest BCUT2D eigenvalue weighted by Gasteiger charge is 2.02. The molecule has 0 aliphatic carbocycles. The number of halogens is 1. The molecule has 17 heavy (non-hydrogen) atoms. The van der Waals surface area contributed by atoms with Gasteiger partial charge in [-0.25, -0.2) is 4.39 Å². The molecule has 96 valence electrons. The number of rotatable bonds is 6. The van der Waals surface area contributed by atoms with Crippen molar-refractivity contribution in [2.75, 3.05) is 20.1 Å². The molecule has 1 aromatic carbocycles. The van der Waals surface area contributed by atoms with Crippen LogP contribution in [0.1, 0.15) is 19.4 Å². The Balaban J connectivity index is 2.31. The Morgan fingerprint density at radius 2 is 2.06 bits per heavy atom. The zero-order valence-corrected chi connectivity index (χ0v) is 10.7. The van der Waals surface area contributed by atoms with Crippen LogP contribution in [0.5, 0.6) is 5.75 Å². The summed E-state index contributed by atoms with van der Waals surface area (Å²) in [6.45, 7) is 6.64. The lowest BCUT2D eigenvalue weighted by atomic mass is 10.2. The van der Waals surface area contributed by atoms with Gasteiger partial charge < -0.3 is 15.3 Å². The number of likely N-dealkylation sites (N-methyl/N-ethyl adjacent to an activating group) is 1. The monoisotopic (exact) mass is 240 g/mol. The second-order valence-corrected chi connectivity index (χ2v) is 4.57. The maximum absolute atomic E-state index is 13.0. The van der Waals surface area contributed by atoms with E-state index in [1.165, 1.54) is 6.07 Å². The van der Waals surface area contributed by atoms with Crippen LogP contribution in [0.25, 0.3) is 0 Å². The zero-order chi connectivity index (χ0) is 12.8. The van der Waals surface area contributed by atoms with Crippen molar-refractivity contribution < 1.29 is 9.50 Å². The normalized spacial score (nSPS) is 11.4. The average molecular weight is 240 g/mol. The van der Waals surface area contributed by atoms with E-state index in [4.69, 9.17) is 0 Å². The van der Waals surface area contributed by atoms with Gasteiger partial charge >= 0.3 is 0 Å². The van der Waals surface area contributed by atoms with Crippen molar-refractivity contribution in [1.82, 2.24) is 10.2 Å². The molecule has 0 saturated heterocycles. The highest BCUT2D eigenvalue weighted by atomic mass is 19.1. The minimum atomic E-state index is -0.402. The van der Waals surface area contributed by atoms with Crippen molar-refractivity contribution in [3.8, 4) is 5.75 Å². The lowest BCUT2D eigenvalue weighted by molar-refractivity contribution is 0.273. The van der Waals surface area contributed by atoms with E-state index in [9.17, 15) is 9.50 Å². The highest BCUT2D eigenvalue weighted by Crippen LogP contribution is 2.14. The fraction of sp³-hybridized carbons (Fsp3) is 0.538. The molecule has 0 atom stereocenters. The lowest BCUT2D eigenvalue weighted by Crippen LogP contribution is -2.33. The van der Waals surface area contributed by atoms with Gasteiger partial charge in [0.1, 0.15) is 11.6 Å². The maximum Gasteiger partial charge on any atom is 0.127 e. The van der Waals surface area contributed by atoms with Gasteiger partial charge in [0.15, 0.2) is 0 Å². The van der Waals surface area contributed by atoms with Gasteiger partial charge in [0, 0.05) is 31.7 Å². The standard InChI is InChI=1S/C13H21FN2O/c1-10(2)16(3)5-4-15-9-11-6-12(14)8-13(17)7-11/h6-8,10,15,17H,4-5,9H2,1-3H3. The number of nitrogens with zero attached hydrogens (tertiary/aromatic N) is 1. The van der Waals surface area contributed by atoms with E-state index in [0.717, 1.165) is 24.7 Å². The summed E-state index contributed by atoms with van der Waals surface area (Å²) in [5.74, 6) is -0.429. The van der Waals surface area contributed by atoms with Crippen LogP contribution in [0.15, 0.2) is 18.2 Å². The molecule has 1 rings (SSSR count). The van der Waals surface area contributed by atoms with Gasteiger partial charge in [0.2, 0.25) is 0 Å². The molecule has 2 N–H and O–H groups in total. The van der Waals surface area contributed by atoms with Crippen LogP contribution >= 0.6 is 0 Å². The fourth-order valence-electron chi connectivity index (χ4n) is 1.48. The summed E-state index contributed by atoms with van der Waals surface area (Å²) in [6, 6.07) is 4.63. The number of phenolic OH excluding ortho intramolecular Hbond substituents is 1. The minimum Gasteiger partial charge on any atom is -0.508 e. The molecular weight excluding hydrogens is 219 g/mol. The van der Waals surface area contributed by atoms with Gasteiger partial charge in [0.05, 0.1) is 0 Å². The molecule has 0 spiro atoms. The van der Waals surface area contributed by atoms with E-state index >= 15 is 0 Å². The number of aromatic hydroxyl groups is 1. The Kier molecular flexibility index (Phi) is 5.38. The van der Waals surface area contributed by atoms with Gasteiger partial charge in [-0.05, 0) is 38.6 Å².